The molecule has 1 unspecified atom stereocenters. The smallest absolute Gasteiger partial charge is 0.269 e. The second kappa shape index (κ2) is 6.35. The summed E-state index contributed by atoms with van der Waals surface area (Å²) in [6.07, 6.45) is -0.646. The number of rotatable bonds is 4. The molecule has 1 aromatic carbocycles. The Hall–Kier alpha value is -1.86. The van der Waals surface area contributed by atoms with Gasteiger partial charge >= 0.3 is 0 Å². The first-order valence-corrected chi connectivity index (χ1v) is 5.79. The molecule has 0 aliphatic carbocycles. The van der Waals surface area contributed by atoms with Crippen molar-refractivity contribution in [3.05, 3.63) is 24.0 Å². The van der Waals surface area contributed by atoms with E-state index in [-0.39, 0.29) is 12.5 Å². The molecule has 19 heavy (non-hydrogen) atoms. The molecule has 0 spiro atoms. The molecule has 0 aromatic heterocycles. The average molecular weight is 270 g/mol. The van der Waals surface area contributed by atoms with Gasteiger partial charge in [0.25, 0.3) is 5.91 Å². The number of ether oxygens (including phenoxy) is 3. The van der Waals surface area contributed by atoms with E-state index in [1.54, 1.807) is 0 Å². The van der Waals surface area contributed by atoms with Gasteiger partial charge in [-0.3, -0.25) is 15.6 Å². The van der Waals surface area contributed by atoms with Gasteiger partial charge < -0.3 is 14.2 Å². The van der Waals surface area contributed by atoms with Crippen LogP contribution in [0.3, 0.4) is 0 Å². The van der Waals surface area contributed by atoms with E-state index in [1.165, 1.54) is 25.3 Å². The van der Waals surface area contributed by atoms with E-state index < -0.39 is 11.9 Å². The van der Waals surface area contributed by atoms with Gasteiger partial charge in [0.2, 0.25) is 0 Å². The summed E-state index contributed by atoms with van der Waals surface area (Å²) >= 11 is 0. The Kier molecular flexibility index (Phi) is 4.53. The Bertz CT molecular complexity index is 449. The summed E-state index contributed by atoms with van der Waals surface area (Å²) in [7, 11) is 1.42. The summed E-state index contributed by atoms with van der Waals surface area (Å²) in [6, 6.07) is 3.94. The Labute approximate surface area is 109 Å². The zero-order valence-corrected chi connectivity index (χ0v) is 10.4. The molecular weight excluding hydrogens is 255 g/mol. The van der Waals surface area contributed by atoms with Crippen LogP contribution >= 0.6 is 0 Å². The highest BCUT2D eigenvalue weighted by atomic mass is 19.1. The minimum Gasteiger partial charge on any atom is -0.494 e. The van der Waals surface area contributed by atoms with Gasteiger partial charge in [0.15, 0.2) is 6.10 Å². The first kappa shape index (κ1) is 13.6. The lowest BCUT2D eigenvalue weighted by Crippen LogP contribution is -2.44. The van der Waals surface area contributed by atoms with Crippen LogP contribution < -0.4 is 15.6 Å². The van der Waals surface area contributed by atoms with Crippen LogP contribution in [0.5, 0.6) is 5.75 Å². The summed E-state index contributed by atoms with van der Waals surface area (Å²) in [5, 5.41) is 0. The number of anilines is 1. The lowest BCUT2D eigenvalue weighted by Gasteiger charge is -2.22. The van der Waals surface area contributed by atoms with Crippen molar-refractivity contribution < 1.29 is 23.4 Å². The van der Waals surface area contributed by atoms with E-state index in [9.17, 15) is 9.18 Å². The number of hydrazine groups is 1. The van der Waals surface area contributed by atoms with Gasteiger partial charge in [-0.25, -0.2) is 4.39 Å². The fourth-order valence-electron chi connectivity index (χ4n) is 1.62. The first-order valence-electron chi connectivity index (χ1n) is 5.79. The maximum absolute atomic E-state index is 13.0. The van der Waals surface area contributed by atoms with Crippen molar-refractivity contribution in [2.24, 2.45) is 0 Å². The number of halogens is 1. The van der Waals surface area contributed by atoms with Crippen LogP contribution in [0.25, 0.3) is 0 Å². The van der Waals surface area contributed by atoms with Crippen molar-refractivity contribution in [3.8, 4) is 5.75 Å². The fourth-order valence-corrected chi connectivity index (χ4v) is 1.62. The van der Waals surface area contributed by atoms with E-state index in [0.717, 1.165) is 0 Å². The second-order valence-corrected chi connectivity index (χ2v) is 3.89. The normalized spacial score (nSPS) is 18.7. The molecule has 0 saturated carbocycles. The van der Waals surface area contributed by atoms with Crippen molar-refractivity contribution in [1.29, 1.82) is 0 Å². The van der Waals surface area contributed by atoms with Crippen molar-refractivity contribution in [2.75, 3.05) is 32.4 Å². The predicted molar refractivity (Wildman–Crippen MR) is 65.3 cm³/mol. The van der Waals surface area contributed by atoms with Crippen LogP contribution in [0.2, 0.25) is 0 Å². The van der Waals surface area contributed by atoms with E-state index in [4.69, 9.17) is 14.2 Å². The monoisotopic (exact) mass is 270 g/mol. The molecule has 1 saturated heterocycles. The van der Waals surface area contributed by atoms with Crippen LogP contribution in [0, 0.1) is 5.82 Å². The Morgan fingerprint density at radius 1 is 1.47 bits per heavy atom. The molecule has 1 amide bonds. The largest absolute Gasteiger partial charge is 0.494 e. The van der Waals surface area contributed by atoms with E-state index in [0.29, 0.717) is 24.7 Å². The second-order valence-electron chi connectivity index (χ2n) is 3.89. The maximum Gasteiger partial charge on any atom is 0.269 e. The first-order chi connectivity index (χ1) is 9.20. The summed E-state index contributed by atoms with van der Waals surface area (Å²) < 4.78 is 28.3. The van der Waals surface area contributed by atoms with Crippen LogP contribution in [-0.4, -0.2) is 38.9 Å². The predicted octanol–water partition coefficient (Wildman–Crippen LogP) is 0.693. The molecule has 1 heterocycles. The molecule has 1 atom stereocenters. The zero-order valence-electron chi connectivity index (χ0n) is 10.4. The van der Waals surface area contributed by atoms with Gasteiger partial charge in [-0.1, -0.05) is 0 Å². The standard InChI is InChI=1S/C12H15FN2O4/c1-17-10-6-8(13)2-3-9(10)14-15-12(16)11-7-18-4-5-19-11/h2-3,6,11,14H,4-5,7H2,1H3,(H,15,16). The van der Waals surface area contributed by atoms with Crippen LogP contribution in [0.4, 0.5) is 10.1 Å². The molecule has 0 radical (unpaired) electrons. The number of methoxy groups -OCH3 is 1. The average Bonchev–Trinajstić information content (AvgIpc) is 2.46. The highest BCUT2D eigenvalue weighted by Crippen LogP contribution is 2.24. The number of hydrogen-bond acceptors (Lipinski definition) is 5. The minimum absolute atomic E-state index is 0.216. The summed E-state index contributed by atoms with van der Waals surface area (Å²) in [6.45, 7) is 1.09. The molecule has 104 valence electrons. The summed E-state index contributed by atoms with van der Waals surface area (Å²) in [4.78, 5) is 11.7. The summed E-state index contributed by atoms with van der Waals surface area (Å²) in [5.74, 6) is -0.482. The highest BCUT2D eigenvalue weighted by molar-refractivity contribution is 5.82. The minimum atomic E-state index is -0.646. The lowest BCUT2D eigenvalue weighted by molar-refractivity contribution is -0.146. The summed E-state index contributed by atoms with van der Waals surface area (Å²) in [5.41, 5.74) is 5.58. The van der Waals surface area contributed by atoms with Crippen molar-refractivity contribution in [1.82, 2.24) is 5.43 Å². The van der Waals surface area contributed by atoms with Crippen LogP contribution in [0.1, 0.15) is 0 Å². The van der Waals surface area contributed by atoms with E-state index in [2.05, 4.69) is 10.9 Å². The van der Waals surface area contributed by atoms with Crippen molar-refractivity contribution in [3.63, 3.8) is 0 Å². The molecule has 1 fully saturated rings. The van der Waals surface area contributed by atoms with E-state index >= 15 is 0 Å². The molecule has 1 aromatic rings. The fraction of sp³-hybridized carbons (Fsp3) is 0.417. The van der Waals surface area contributed by atoms with Crippen molar-refractivity contribution in [2.45, 2.75) is 6.10 Å². The third-order valence-electron chi connectivity index (χ3n) is 2.59. The number of hydrogen-bond donors (Lipinski definition) is 2. The number of benzene rings is 1. The highest BCUT2D eigenvalue weighted by Gasteiger charge is 2.22. The topological polar surface area (TPSA) is 68.8 Å². The van der Waals surface area contributed by atoms with Gasteiger partial charge in [-0.2, -0.15) is 0 Å². The zero-order chi connectivity index (χ0) is 13.7. The third-order valence-corrected chi connectivity index (χ3v) is 2.59. The molecule has 1 aliphatic rings. The Morgan fingerprint density at radius 3 is 3.00 bits per heavy atom. The van der Waals surface area contributed by atoms with E-state index in [1.807, 2.05) is 0 Å². The molecule has 2 rings (SSSR count). The molecule has 0 bridgehead atoms. The SMILES string of the molecule is COc1cc(F)ccc1NNC(=O)C1COCCO1. The molecular formula is C12H15FN2O4. The Balaban J connectivity index is 1.92. The van der Waals surface area contributed by atoms with Gasteiger partial charge in [0.1, 0.15) is 11.6 Å². The number of carbonyl (C=O) groups excluding carboxylic acids is 1. The third kappa shape index (κ3) is 3.55. The number of amides is 1. The van der Waals surface area contributed by atoms with Gasteiger partial charge in [-0.15, -0.1) is 0 Å². The molecule has 2 N–H and O–H groups in total. The van der Waals surface area contributed by atoms with Crippen molar-refractivity contribution >= 4 is 11.6 Å². The number of carbonyl (C=O) groups is 1. The maximum atomic E-state index is 13.0. The lowest BCUT2D eigenvalue weighted by atomic mass is 10.3. The van der Waals surface area contributed by atoms with Gasteiger partial charge in [0.05, 0.1) is 32.6 Å². The Morgan fingerprint density at radius 2 is 2.32 bits per heavy atom. The number of nitrogens with one attached hydrogen (secondary N) is 2. The van der Waals surface area contributed by atoms with Gasteiger partial charge in [-0.05, 0) is 12.1 Å². The molecule has 1 aliphatic heterocycles. The quantitative estimate of drug-likeness (QED) is 0.788. The van der Waals surface area contributed by atoms with Gasteiger partial charge in [0, 0.05) is 6.07 Å². The molecule has 7 heteroatoms. The van der Waals surface area contributed by atoms with Crippen LogP contribution in [-0.2, 0) is 14.3 Å². The molecule has 6 nitrogen and oxygen atoms in total. The van der Waals surface area contributed by atoms with Crippen LogP contribution in [0.15, 0.2) is 18.2 Å².